The SMILES string of the molecule is C[C@H](O)c1cc(Cl)ccc1OCC1CNC(=O)O1. The van der Waals surface area contributed by atoms with Crippen molar-refractivity contribution in [2.45, 2.75) is 19.1 Å². The molecule has 0 radical (unpaired) electrons. The lowest BCUT2D eigenvalue weighted by molar-refractivity contribution is 0.102. The summed E-state index contributed by atoms with van der Waals surface area (Å²) in [4.78, 5) is 10.8. The van der Waals surface area contributed by atoms with E-state index in [0.717, 1.165) is 0 Å². The standard InChI is InChI=1S/C12H14ClNO4/c1-7(15)10-4-8(13)2-3-11(10)17-6-9-5-14-12(16)18-9/h2-4,7,9,15H,5-6H2,1H3,(H,14,16)/t7-,9?/m0/s1. The number of aliphatic hydroxyl groups is 1. The molecule has 98 valence electrons. The van der Waals surface area contributed by atoms with Crippen molar-refractivity contribution in [3.8, 4) is 5.75 Å². The van der Waals surface area contributed by atoms with Crippen molar-refractivity contribution in [1.29, 1.82) is 0 Å². The van der Waals surface area contributed by atoms with Crippen LogP contribution in [0.3, 0.4) is 0 Å². The molecule has 6 heteroatoms. The van der Waals surface area contributed by atoms with Gasteiger partial charge in [0.05, 0.1) is 12.6 Å². The predicted molar refractivity (Wildman–Crippen MR) is 65.9 cm³/mol. The number of halogens is 1. The summed E-state index contributed by atoms with van der Waals surface area (Å²) in [6.07, 6.45) is -1.42. The van der Waals surface area contributed by atoms with E-state index in [1.54, 1.807) is 25.1 Å². The van der Waals surface area contributed by atoms with Gasteiger partial charge in [0.1, 0.15) is 12.4 Å². The van der Waals surface area contributed by atoms with Crippen LogP contribution in [0.2, 0.25) is 5.02 Å². The molecular formula is C12H14ClNO4. The first-order valence-corrected chi connectivity index (χ1v) is 5.99. The number of carbonyl (C=O) groups excluding carboxylic acids is 1. The summed E-state index contributed by atoms with van der Waals surface area (Å²) < 4.78 is 10.5. The summed E-state index contributed by atoms with van der Waals surface area (Å²) in [6, 6.07) is 5.02. The lowest BCUT2D eigenvalue weighted by Gasteiger charge is -2.15. The number of nitrogens with one attached hydrogen (secondary N) is 1. The number of amides is 1. The van der Waals surface area contributed by atoms with Crippen molar-refractivity contribution in [1.82, 2.24) is 5.32 Å². The van der Waals surface area contributed by atoms with Crippen LogP contribution >= 0.6 is 11.6 Å². The van der Waals surface area contributed by atoms with Crippen LogP contribution in [-0.4, -0.2) is 30.5 Å². The molecule has 2 N–H and O–H groups in total. The zero-order valence-corrected chi connectivity index (χ0v) is 10.6. The highest BCUT2D eigenvalue weighted by atomic mass is 35.5. The molecule has 5 nitrogen and oxygen atoms in total. The van der Waals surface area contributed by atoms with Gasteiger partial charge in [-0.3, -0.25) is 0 Å². The smallest absolute Gasteiger partial charge is 0.407 e. The molecular weight excluding hydrogens is 258 g/mol. The third kappa shape index (κ3) is 3.05. The Morgan fingerprint density at radius 2 is 2.44 bits per heavy atom. The minimum absolute atomic E-state index is 0.236. The van der Waals surface area contributed by atoms with Gasteiger partial charge in [0.25, 0.3) is 0 Å². The zero-order chi connectivity index (χ0) is 13.1. The van der Waals surface area contributed by atoms with Crippen LogP contribution in [0, 0.1) is 0 Å². The molecule has 2 rings (SSSR count). The first kappa shape index (κ1) is 13.0. The minimum atomic E-state index is -0.678. The van der Waals surface area contributed by atoms with E-state index in [1.165, 1.54) is 0 Å². The largest absolute Gasteiger partial charge is 0.489 e. The maximum Gasteiger partial charge on any atom is 0.407 e. The number of aliphatic hydroxyl groups excluding tert-OH is 1. The third-order valence-corrected chi connectivity index (χ3v) is 2.83. The minimum Gasteiger partial charge on any atom is -0.489 e. The number of alkyl carbamates (subject to hydrolysis) is 1. The molecule has 1 aliphatic heterocycles. The van der Waals surface area contributed by atoms with Crippen molar-refractivity contribution >= 4 is 17.7 Å². The van der Waals surface area contributed by atoms with Crippen LogP contribution in [0.5, 0.6) is 5.75 Å². The van der Waals surface area contributed by atoms with E-state index < -0.39 is 12.2 Å². The number of rotatable bonds is 4. The van der Waals surface area contributed by atoms with Gasteiger partial charge in [-0.05, 0) is 25.1 Å². The Labute approximate surface area is 110 Å². The summed E-state index contributed by atoms with van der Waals surface area (Å²) in [6.45, 7) is 2.30. The number of cyclic esters (lactones) is 1. The van der Waals surface area contributed by atoms with Crippen LogP contribution in [0.4, 0.5) is 4.79 Å². The van der Waals surface area contributed by atoms with E-state index in [-0.39, 0.29) is 12.7 Å². The highest BCUT2D eigenvalue weighted by molar-refractivity contribution is 6.30. The highest BCUT2D eigenvalue weighted by Crippen LogP contribution is 2.28. The number of ether oxygens (including phenoxy) is 2. The summed E-state index contributed by atoms with van der Waals surface area (Å²) in [5, 5.41) is 12.7. The first-order chi connectivity index (χ1) is 8.56. The third-order valence-electron chi connectivity index (χ3n) is 2.59. The van der Waals surface area contributed by atoms with E-state index in [2.05, 4.69) is 5.32 Å². The van der Waals surface area contributed by atoms with Gasteiger partial charge in [-0.15, -0.1) is 0 Å². The van der Waals surface area contributed by atoms with E-state index >= 15 is 0 Å². The van der Waals surface area contributed by atoms with E-state index in [4.69, 9.17) is 21.1 Å². The maximum absolute atomic E-state index is 10.8. The number of hydrogen-bond acceptors (Lipinski definition) is 4. The molecule has 1 amide bonds. The molecule has 0 aliphatic carbocycles. The van der Waals surface area contributed by atoms with E-state index in [1.807, 2.05) is 0 Å². The molecule has 1 fully saturated rings. The van der Waals surface area contributed by atoms with Crippen LogP contribution in [0.1, 0.15) is 18.6 Å². The van der Waals surface area contributed by atoms with E-state index in [9.17, 15) is 9.90 Å². The predicted octanol–water partition coefficient (Wildman–Crippen LogP) is 1.88. The number of benzene rings is 1. The molecule has 1 unspecified atom stereocenters. The summed E-state index contributed by atoms with van der Waals surface area (Å²) in [5.74, 6) is 0.539. The fourth-order valence-electron chi connectivity index (χ4n) is 1.68. The highest BCUT2D eigenvalue weighted by Gasteiger charge is 2.23. The monoisotopic (exact) mass is 271 g/mol. The van der Waals surface area contributed by atoms with E-state index in [0.29, 0.717) is 22.9 Å². The second-order valence-corrected chi connectivity index (χ2v) is 4.51. The normalized spacial score (nSPS) is 20.2. The molecule has 1 saturated heterocycles. The van der Waals surface area contributed by atoms with Gasteiger partial charge in [0.15, 0.2) is 6.10 Å². The van der Waals surface area contributed by atoms with Crippen molar-refractivity contribution in [3.63, 3.8) is 0 Å². The maximum atomic E-state index is 10.8. The number of hydrogen-bond donors (Lipinski definition) is 2. The zero-order valence-electron chi connectivity index (χ0n) is 9.85. The van der Waals surface area contributed by atoms with Crippen molar-refractivity contribution < 1.29 is 19.4 Å². The van der Waals surface area contributed by atoms with Gasteiger partial charge in [0.2, 0.25) is 0 Å². The molecule has 0 aromatic heterocycles. The van der Waals surface area contributed by atoms with Crippen LogP contribution in [0.15, 0.2) is 18.2 Å². The Kier molecular flexibility index (Phi) is 3.93. The quantitative estimate of drug-likeness (QED) is 0.877. The Bertz CT molecular complexity index is 450. The second kappa shape index (κ2) is 5.46. The van der Waals surface area contributed by atoms with Crippen molar-refractivity contribution in [2.24, 2.45) is 0 Å². The Morgan fingerprint density at radius 3 is 3.06 bits per heavy atom. The Balaban J connectivity index is 2.02. The van der Waals surface area contributed by atoms with Gasteiger partial charge in [-0.1, -0.05) is 11.6 Å². The van der Waals surface area contributed by atoms with Crippen LogP contribution in [0.25, 0.3) is 0 Å². The molecule has 0 saturated carbocycles. The molecule has 1 aliphatic rings. The van der Waals surface area contributed by atoms with Crippen LogP contribution < -0.4 is 10.1 Å². The molecule has 1 heterocycles. The summed E-state index contributed by atoms with van der Waals surface area (Å²) in [5.41, 5.74) is 0.611. The molecule has 0 spiro atoms. The summed E-state index contributed by atoms with van der Waals surface area (Å²) >= 11 is 5.86. The second-order valence-electron chi connectivity index (χ2n) is 4.08. The first-order valence-electron chi connectivity index (χ1n) is 5.61. The number of carbonyl (C=O) groups is 1. The summed E-state index contributed by atoms with van der Waals surface area (Å²) in [7, 11) is 0. The molecule has 1 aromatic rings. The average molecular weight is 272 g/mol. The fourth-order valence-corrected chi connectivity index (χ4v) is 1.87. The van der Waals surface area contributed by atoms with Gasteiger partial charge in [-0.2, -0.15) is 0 Å². The Hall–Kier alpha value is -1.46. The topological polar surface area (TPSA) is 67.8 Å². The van der Waals surface area contributed by atoms with Gasteiger partial charge in [-0.25, -0.2) is 4.79 Å². The molecule has 0 bridgehead atoms. The molecule has 1 aromatic carbocycles. The Morgan fingerprint density at radius 1 is 1.67 bits per heavy atom. The van der Waals surface area contributed by atoms with Gasteiger partial charge >= 0.3 is 6.09 Å². The lowest BCUT2D eigenvalue weighted by Crippen LogP contribution is -2.22. The van der Waals surface area contributed by atoms with Crippen molar-refractivity contribution in [2.75, 3.05) is 13.2 Å². The average Bonchev–Trinajstić information content (AvgIpc) is 2.73. The fraction of sp³-hybridized carbons (Fsp3) is 0.417. The van der Waals surface area contributed by atoms with Gasteiger partial charge < -0.3 is 19.9 Å². The van der Waals surface area contributed by atoms with Crippen LogP contribution in [-0.2, 0) is 4.74 Å². The molecule has 2 atom stereocenters. The van der Waals surface area contributed by atoms with Gasteiger partial charge in [0, 0.05) is 10.6 Å². The lowest BCUT2D eigenvalue weighted by atomic mass is 10.1. The molecule has 18 heavy (non-hydrogen) atoms. The van der Waals surface area contributed by atoms with Crippen molar-refractivity contribution in [3.05, 3.63) is 28.8 Å².